The van der Waals surface area contributed by atoms with Crippen LogP contribution in [-0.4, -0.2) is 19.0 Å². The van der Waals surface area contributed by atoms with Gasteiger partial charge in [-0.25, -0.2) is 0 Å². The third kappa shape index (κ3) is 4.88. The lowest BCUT2D eigenvalue weighted by atomic mass is 9.86. The van der Waals surface area contributed by atoms with Crippen LogP contribution >= 0.6 is 0 Å². The zero-order chi connectivity index (χ0) is 24.3. The first-order chi connectivity index (χ1) is 16.3. The Kier molecular flexibility index (Phi) is 6.55. The van der Waals surface area contributed by atoms with Crippen LogP contribution in [0, 0.1) is 0 Å². The quantitative estimate of drug-likeness (QED) is 0.300. The second kappa shape index (κ2) is 9.56. The van der Waals surface area contributed by atoms with Crippen molar-refractivity contribution in [2.24, 2.45) is 0 Å². The van der Waals surface area contributed by atoms with Crippen LogP contribution in [0.25, 0.3) is 22.3 Å². The van der Waals surface area contributed by atoms with Gasteiger partial charge in [0.1, 0.15) is 11.3 Å². The predicted octanol–water partition coefficient (Wildman–Crippen LogP) is 6.42. The molecule has 0 N–H and O–H groups in total. The SMILES string of the molecule is CCOc1ccc(C(=O)COc2c(-c3ccc(C(C)(C)C)cc3)oc3ccccc3c2=O)cc1. The van der Waals surface area contributed by atoms with Gasteiger partial charge in [-0.2, -0.15) is 0 Å². The fourth-order valence-corrected chi connectivity index (χ4v) is 3.69. The second-order valence-corrected chi connectivity index (χ2v) is 9.08. The molecule has 3 aromatic carbocycles. The lowest BCUT2D eigenvalue weighted by Gasteiger charge is -2.19. The maximum absolute atomic E-state index is 13.3. The van der Waals surface area contributed by atoms with Crippen LogP contribution in [0.3, 0.4) is 0 Å². The van der Waals surface area contributed by atoms with Crippen LogP contribution in [0.2, 0.25) is 0 Å². The molecular weight excluding hydrogens is 428 g/mol. The molecule has 1 aromatic heterocycles. The van der Waals surface area contributed by atoms with Gasteiger partial charge in [0.15, 0.2) is 18.2 Å². The van der Waals surface area contributed by atoms with Crippen molar-refractivity contribution in [2.75, 3.05) is 13.2 Å². The number of para-hydroxylation sites is 1. The first-order valence-electron chi connectivity index (χ1n) is 11.3. The number of fused-ring (bicyclic) bond motifs is 1. The molecule has 0 amide bonds. The monoisotopic (exact) mass is 456 g/mol. The minimum atomic E-state index is -0.309. The van der Waals surface area contributed by atoms with Crippen molar-refractivity contribution in [2.45, 2.75) is 33.1 Å². The van der Waals surface area contributed by atoms with Crippen molar-refractivity contribution in [3.8, 4) is 22.8 Å². The predicted molar refractivity (Wildman–Crippen MR) is 134 cm³/mol. The molecule has 0 saturated carbocycles. The first-order valence-corrected chi connectivity index (χ1v) is 11.3. The van der Waals surface area contributed by atoms with E-state index in [0.29, 0.717) is 40.2 Å². The van der Waals surface area contributed by atoms with Gasteiger partial charge in [0.05, 0.1) is 12.0 Å². The first kappa shape index (κ1) is 23.3. The van der Waals surface area contributed by atoms with Crippen molar-refractivity contribution in [1.29, 1.82) is 0 Å². The topological polar surface area (TPSA) is 65.7 Å². The molecule has 0 aliphatic heterocycles. The van der Waals surface area contributed by atoms with Crippen LogP contribution in [0.15, 0.2) is 82.0 Å². The molecule has 4 aromatic rings. The second-order valence-electron chi connectivity index (χ2n) is 9.08. The van der Waals surface area contributed by atoms with E-state index >= 15 is 0 Å². The molecule has 0 atom stereocenters. The Bertz CT molecular complexity index is 1360. The Balaban J connectivity index is 1.69. The standard InChI is InChI=1S/C29H28O5/c1-5-32-22-16-12-19(13-17-22)24(30)18-33-28-26(31)23-8-6-7-9-25(23)34-27(28)20-10-14-21(15-11-20)29(2,3)4/h6-17H,5,18H2,1-4H3. The molecule has 0 saturated heterocycles. The Morgan fingerprint density at radius 1 is 0.882 bits per heavy atom. The number of carbonyl (C=O) groups is 1. The molecule has 0 unspecified atom stereocenters. The van der Waals surface area contributed by atoms with E-state index in [-0.39, 0.29) is 29.0 Å². The number of carbonyl (C=O) groups excluding carboxylic acids is 1. The molecule has 5 heteroatoms. The Morgan fingerprint density at radius 2 is 1.56 bits per heavy atom. The molecule has 0 bridgehead atoms. The van der Waals surface area contributed by atoms with E-state index in [2.05, 4.69) is 20.8 Å². The summed E-state index contributed by atoms with van der Waals surface area (Å²) in [6.45, 7) is 8.58. The van der Waals surface area contributed by atoms with Crippen LogP contribution in [0.5, 0.6) is 11.5 Å². The number of ether oxygens (including phenoxy) is 2. The van der Waals surface area contributed by atoms with Crippen LogP contribution in [-0.2, 0) is 5.41 Å². The average Bonchev–Trinajstić information content (AvgIpc) is 2.83. The largest absolute Gasteiger partial charge is 0.494 e. The fraction of sp³-hybridized carbons (Fsp3) is 0.241. The summed E-state index contributed by atoms with van der Waals surface area (Å²) in [4.78, 5) is 26.1. The van der Waals surface area contributed by atoms with Crippen molar-refractivity contribution in [3.05, 3.63) is 94.1 Å². The summed E-state index contributed by atoms with van der Waals surface area (Å²) >= 11 is 0. The average molecular weight is 457 g/mol. The smallest absolute Gasteiger partial charge is 0.235 e. The summed E-state index contributed by atoms with van der Waals surface area (Å²) < 4.78 is 17.4. The molecule has 0 aliphatic carbocycles. The lowest BCUT2D eigenvalue weighted by molar-refractivity contribution is 0.0920. The van der Waals surface area contributed by atoms with Gasteiger partial charge in [-0.1, -0.05) is 57.2 Å². The van der Waals surface area contributed by atoms with Crippen LogP contribution in [0.4, 0.5) is 0 Å². The third-order valence-corrected chi connectivity index (χ3v) is 5.60. The maximum atomic E-state index is 13.3. The van der Waals surface area contributed by atoms with Gasteiger partial charge < -0.3 is 13.9 Å². The van der Waals surface area contributed by atoms with E-state index in [1.165, 1.54) is 0 Å². The van der Waals surface area contributed by atoms with Gasteiger partial charge in [-0.05, 0) is 54.3 Å². The molecular formula is C29H28O5. The van der Waals surface area contributed by atoms with Gasteiger partial charge in [0.25, 0.3) is 0 Å². The van der Waals surface area contributed by atoms with E-state index in [0.717, 1.165) is 5.56 Å². The van der Waals surface area contributed by atoms with E-state index in [4.69, 9.17) is 13.9 Å². The molecule has 34 heavy (non-hydrogen) atoms. The van der Waals surface area contributed by atoms with E-state index in [1.807, 2.05) is 37.3 Å². The fourth-order valence-electron chi connectivity index (χ4n) is 3.69. The molecule has 0 radical (unpaired) electrons. The number of benzene rings is 3. The highest BCUT2D eigenvalue weighted by atomic mass is 16.5. The Hall–Kier alpha value is -3.86. The molecule has 0 spiro atoms. The van der Waals surface area contributed by atoms with Gasteiger partial charge >= 0.3 is 0 Å². The normalized spacial score (nSPS) is 11.4. The van der Waals surface area contributed by atoms with E-state index in [9.17, 15) is 9.59 Å². The molecule has 0 fully saturated rings. The summed E-state index contributed by atoms with van der Waals surface area (Å²) in [7, 11) is 0. The maximum Gasteiger partial charge on any atom is 0.235 e. The van der Waals surface area contributed by atoms with Crippen molar-refractivity contribution in [1.82, 2.24) is 0 Å². The van der Waals surface area contributed by atoms with E-state index in [1.54, 1.807) is 42.5 Å². The number of hydrogen-bond acceptors (Lipinski definition) is 5. The number of hydrogen-bond donors (Lipinski definition) is 0. The van der Waals surface area contributed by atoms with Crippen molar-refractivity contribution in [3.63, 3.8) is 0 Å². The Labute approximate surface area is 199 Å². The molecule has 4 rings (SSSR count). The molecule has 1 heterocycles. The van der Waals surface area contributed by atoms with Gasteiger partial charge in [-0.15, -0.1) is 0 Å². The number of Topliss-reactive ketones (excluding diaryl/α,β-unsaturated/α-hetero) is 1. The molecule has 5 nitrogen and oxygen atoms in total. The molecule has 174 valence electrons. The minimum Gasteiger partial charge on any atom is -0.494 e. The van der Waals surface area contributed by atoms with Gasteiger partial charge in [0.2, 0.25) is 11.2 Å². The van der Waals surface area contributed by atoms with E-state index < -0.39 is 0 Å². The highest BCUT2D eigenvalue weighted by molar-refractivity contribution is 5.97. The highest BCUT2D eigenvalue weighted by Crippen LogP contribution is 2.33. The van der Waals surface area contributed by atoms with Crippen molar-refractivity contribution < 1.29 is 18.7 Å². The van der Waals surface area contributed by atoms with Crippen molar-refractivity contribution >= 4 is 16.8 Å². The minimum absolute atomic E-state index is 0.00772. The zero-order valence-electron chi connectivity index (χ0n) is 19.9. The summed E-state index contributed by atoms with van der Waals surface area (Å²) in [5, 5.41) is 0.404. The third-order valence-electron chi connectivity index (χ3n) is 5.60. The van der Waals surface area contributed by atoms with Gasteiger partial charge in [0, 0.05) is 11.1 Å². The lowest BCUT2D eigenvalue weighted by Crippen LogP contribution is -2.17. The number of rotatable bonds is 7. The molecule has 0 aliphatic rings. The summed E-state index contributed by atoms with van der Waals surface area (Å²) in [6.07, 6.45) is 0. The highest BCUT2D eigenvalue weighted by Gasteiger charge is 2.20. The van der Waals surface area contributed by atoms with Gasteiger partial charge in [-0.3, -0.25) is 9.59 Å². The summed E-state index contributed by atoms with van der Waals surface area (Å²) in [5.74, 6) is 0.783. The van der Waals surface area contributed by atoms with Crippen LogP contribution < -0.4 is 14.9 Å². The number of ketones is 1. The van der Waals surface area contributed by atoms with Crippen LogP contribution in [0.1, 0.15) is 43.6 Å². The summed E-state index contributed by atoms with van der Waals surface area (Å²) in [5.41, 5.74) is 2.49. The Morgan fingerprint density at radius 3 is 2.21 bits per heavy atom. The zero-order valence-corrected chi connectivity index (χ0v) is 19.9. The summed E-state index contributed by atoms with van der Waals surface area (Å²) in [6, 6.07) is 21.7.